The van der Waals surface area contributed by atoms with E-state index in [1.165, 1.54) is 0 Å². The summed E-state index contributed by atoms with van der Waals surface area (Å²) >= 11 is 0. The van der Waals surface area contributed by atoms with Gasteiger partial charge in [-0.1, -0.05) is 0 Å². The maximum absolute atomic E-state index is 5.60. The minimum Gasteiger partial charge on any atom is -0.325 e. The van der Waals surface area contributed by atoms with E-state index in [9.17, 15) is 0 Å². The molecule has 0 spiro atoms. The molecule has 0 saturated carbocycles. The SMILES string of the molecule is Cc1ncccc1-n1cncc1CN. The lowest BCUT2D eigenvalue weighted by Gasteiger charge is -2.08. The van der Waals surface area contributed by atoms with Gasteiger partial charge in [0.2, 0.25) is 0 Å². The standard InChI is InChI=1S/C10H12N4/c1-8-10(3-2-4-13-8)14-7-12-6-9(14)5-11/h2-4,6-7H,5,11H2,1H3. The highest BCUT2D eigenvalue weighted by Crippen LogP contribution is 2.12. The van der Waals surface area contributed by atoms with Gasteiger partial charge in [-0.05, 0) is 19.1 Å². The van der Waals surface area contributed by atoms with Gasteiger partial charge in [0.05, 0.1) is 23.4 Å². The molecule has 2 N–H and O–H groups in total. The highest BCUT2D eigenvalue weighted by Gasteiger charge is 2.04. The third-order valence-corrected chi connectivity index (χ3v) is 2.16. The Morgan fingerprint density at radius 1 is 1.50 bits per heavy atom. The predicted molar refractivity (Wildman–Crippen MR) is 54.0 cm³/mol. The fourth-order valence-corrected chi connectivity index (χ4v) is 1.42. The Bertz CT molecular complexity index is 433. The molecule has 0 saturated heterocycles. The van der Waals surface area contributed by atoms with Gasteiger partial charge >= 0.3 is 0 Å². The summed E-state index contributed by atoms with van der Waals surface area (Å²) in [5.41, 5.74) is 8.59. The summed E-state index contributed by atoms with van der Waals surface area (Å²) in [4.78, 5) is 8.29. The van der Waals surface area contributed by atoms with Crippen molar-refractivity contribution in [1.29, 1.82) is 0 Å². The Morgan fingerprint density at radius 2 is 2.36 bits per heavy atom. The molecular weight excluding hydrogens is 176 g/mol. The fourth-order valence-electron chi connectivity index (χ4n) is 1.42. The molecule has 0 aliphatic rings. The van der Waals surface area contributed by atoms with Crippen molar-refractivity contribution in [3.8, 4) is 5.69 Å². The second-order valence-electron chi connectivity index (χ2n) is 3.07. The molecule has 2 heterocycles. The minimum absolute atomic E-state index is 0.480. The summed E-state index contributed by atoms with van der Waals surface area (Å²) in [5, 5.41) is 0. The molecular formula is C10H12N4. The van der Waals surface area contributed by atoms with Gasteiger partial charge in [0, 0.05) is 18.9 Å². The quantitative estimate of drug-likeness (QED) is 0.766. The van der Waals surface area contributed by atoms with E-state index >= 15 is 0 Å². The molecule has 72 valence electrons. The zero-order chi connectivity index (χ0) is 9.97. The zero-order valence-electron chi connectivity index (χ0n) is 8.01. The third-order valence-electron chi connectivity index (χ3n) is 2.16. The number of hydrogen-bond acceptors (Lipinski definition) is 3. The summed E-state index contributed by atoms with van der Waals surface area (Å²) < 4.78 is 1.96. The van der Waals surface area contributed by atoms with E-state index in [-0.39, 0.29) is 0 Å². The topological polar surface area (TPSA) is 56.7 Å². The van der Waals surface area contributed by atoms with E-state index in [1.807, 2.05) is 23.6 Å². The predicted octanol–water partition coefficient (Wildman–Crippen LogP) is 1.03. The van der Waals surface area contributed by atoms with Crippen LogP contribution >= 0.6 is 0 Å². The molecule has 0 atom stereocenters. The monoisotopic (exact) mass is 188 g/mol. The Kier molecular flexibility index (Phi) is 2.28. The molecule has 2 rings (SSSR count). The summed E-state index contributed by atoms with van der Waals surface area (Å²) in [6, 6.07) is 3.91. The van der Waals surface area contributed by atoms with Gasteiger partial charge in [0.15, 0.2) is 0 Å². The lowest BCUT2D eigenvalue weighted by Crippen LogP contribution is -2.06. The highest BCUT2D eigenvalue weighted by atomic mass is 15.1. The van der Waals surface area contributed by atoms with Gasteiger partial charge in [-0.3, -0.25) is 4.98 Å². The summed E-state index contributed by atoms with van der Waals surface area (Å²) in [7, 11) is 0. The molecule has 0 unspecified atom stereocenters. The van der Waals surface area contributed by atoms with Crippen molar-refractivity contribution < 1.29 is 0 Å². The Labute approximate surface area is 82.4 Å². The van der Waals surface area contributed by atoms with Crippen LogP contribution in [0.3, 0.4) is 0 Å². The highest BCUT2D eigenvalue weighted by molar-refractivity contribution is 5.36. The van der Waals surface area contributed by atoms with Crippen LogP contribution in [0.1, 0.15) is 11.4 Å². The molecule has 0 aliphatic heterocycles. The first-order valence-corrected chi connectivity index (χ1v) is 4.46. The Morgan fingerprint density at radius 3 is 3.07 bits per heavy atom. The van der Waals surface area contributed by atoms with E-state index < -0.39 is 0 Å². The molecule has 0 aliphatic carbocycles. The molecule has 14 heavy (non-hydrogen) atoms. The number of imidazole rings is 1. The van der Waals surface area contributed by atoms with Crippen LogP contribution in [0.4, 0.5) is 0 Å². The Hall–Kier alpha value is -1.68. The van der Waals surface area contributed by atoms with Gasteiger partial charge in [-0.25, -0.2) is 4.98 Å². The summed E-state index contributed by atoms with van der Waals surface area (Å²) in [5.74, 6) is 0. The second-order valence-corrected chi connectivity index (χ2v) is 3.07. The van der Waals surface area contributed by atoms with Crippen molar-refractivity contribution in [2.75, 3.05) is 0 Å². The molecule has 2 aromatic rings. The first kappa shape index (κ1) is 8.90. The van der Waals surface area contributed by atoms with Crippen LogP contribution in [0, 0.1) is 6.92 Å². The van der Waals surface area contributed by atoms with Crippen LogP contribution in [0.5, 0.6) is 0 Å². The second kappa shape index (κ2) is 3.59. The zero-order valence-corrected chi connectivity index (χ0v) is 8.01. The summed E-state index contributed by atoms with van der Waals surface area (Å²) in [6.07, 6.45) is 5.30. The molecule has 4 nitrogen and oxygen atoms in total. The van der Waals surface area contributed by atoms with Gasteiger partial charge in [-0.15, -0.1) is 0 Å². The molecule has 4 heteroatoms. The first-order chi connectivity index (χ1) is 6.83. The van der Waals surface area contributed by atoms with Gasteiger partial charge in [0.1, 0.15) is 0 Å². The van der Waals surface area contributed by atoms with Crippen molar-refractivity contribution >= 4 is 0 Å². The molecule has 0 radical (unpaired) electrons. The largest absolute Gasteiger partial charge is 0.325 e. The van der Waals surface area contributed by atoms with Gasteiger partial charge < -0.3 is 10.3 Å². The van der Waals surface area contributed by atoms with Crippen molar-refractivity contribution in [3.05, 3.63) is 42.2 Å². The van der Waals surface area contributed by atoms with Crippen LogP contribution in [0.2, 0.25) is 0 Å². The van der Waals surface area contributed by atoms with E-state index in [0.717, 1.165) is 17.1 Å². The average molecular weight is 188 g/mol. The number of nitrogens with two attached hydrogens (primary N) is 1. The summed E-state index contributed by atoms with van der Waals surface area (Å²) in [6.45, 7) is 2.45. The molecule has 2 aromatic heterocycles. The van der Waals surface area contributed by atoms with Crippen molar-refractivity contribution in [2.45, 2.75) is 13.5 Å². The third kappa shape index (κ3) is 1.40. The maximum Gasteiger partial charge on any atom is 0.0995 e. The average Bonchev–Trinajstić information content (AvgIpc) is 2.66. The van der Waals surface area contributed by atoms with E-state index in [0.29, 0.717) is 6.54 Å². The van der Waals surface area contributed by atoms with Gasteiger partial charge in [0.25, 0.3) is 0 Å². The Balaban J connectivity index is 2.54. The minimum atomic E-state index is 0.480. The number of hydrogen-bond donors (Lipinski definition) is 1. The van der Waals surface area contributed by atoms with Crippen LogP contribution in [0.25, 0.3) is 5.69 Å². The molecule has 0 bridgehead atoms. The smallest absolute Gasteiger partial charge is 0.0995 e. The van der Waals surface area contributed by atoms with Crippen LogP contribution in [-0.4, -0.2) is 14.5 Å². The lowest BCUT2D eigenvalue weighted by molar-refractivity contribution is 0.895. The number of aromatic nitrogens is 3. The number of pyridine rings is 1. The van der Waals surface area contributed by atoms with Crippen molar-refractivity contribution in [3.63, 3.8) is 0 Å². The van der Waals surface area contributed by atoms with Gasteiger partial charge in [-0.2, -0.15) is 0 Å². The molecule has 0 amide bonds. The van der Waals surface area contributed by atoms with E-state index in [2.05, 4.69) is 9.97 Å². The number of nitrogens with zero attached hydrogens (tertiary/aromatic N) is 3. The van der Waals surface area contributed by atoms with Crippen molar-refractivity contribution in [2.24, 2.45) is 5.73 Å². The number of aryl methyl sites for hydroxylation is 1. The van der Waals surface area contributed by atoms with E-state index in [4.69, 9.17) is 5.73 Å². The van der Waals surface area contributed by atoms with Crippen LogP contribution in [0.15, 0.2) is 30.9 Å². The molecule has 0 fully saturated rings. The van der Waals surface area contributed by atoms with E-state index in [1.54, 1.807) is 18.7 Å². The first-order valence-electron chi connectivity index (χ1n) is 4.46. The van der Waals surface area contributed by atoms with Crippen LogP contribution < -0.4 is 5.73 Å². The normalized spacial score (nSPS) is 10.4. The van der Waals surface area contributed by atoms with Crippen molar-refractivity contribution in [1.82, 2.24) is 14.5 Å². The molecule has 0 aromatic carbocycles. The lowest BCUT2D eigenvalue weighted by atomic mass is 10.3. The number of rotatable bonds is 2. The van der Waals surface area contributed by atoms with Crippen LogP contribution in [-0.2, 0) is 6.54 Å². The fraction of sp³-hybridized carbons (Fsp3) is 0.200. The maximum atomic E-state index is 5.60.